The molecule has 3 nitrogen and oxygen atoms in total. The molecule has 0 saturated heterocycles. The molecule has 88 valence electrons. The SMILES string of the molecule is CCC(C(=O)O)c1c(OC)ccc(C)c1F. The van der Waals surface area contributed by atoms with Crippen LogP contribution in [0.25, 0.3) is 0 Å². The van der Waals surface area contributed by atoms with Crippen molar-refractivity contribution in [1.82, 2.24) is 0 Å². The molecule has 0 fully saturated rings. The molecule has 0 aliphatic rings. The molecular formula is C12H15FO3. The number of halogens is 1. The van der Waals surface area contributed by atoms with Gasteiger partial charge in [-0.1, -0.05) is 13.0 Å². The summed E-state index contributed by atoms with van der Waals surface area (Å²) in [7, 11) is 1.40. The number of carboxylic acids is 1. The number of carboxylic acid groups (broad SMARTS) is 1. The Hall–Kier alpha value is -1.58. The van der Waals surface area contributed by atoms with Gasteiger partial charge in [-0.2, -0.15) is 0 Å². The molecule has 4 heteroatoms. The topological polar surface area (TPSA) is 46.5 Å². The highest BCUT2D eigenvalue weighted by molar-refractivity contribution is 5.77. The van der Waals surface area contributed by atoms with Crippen LogP contribution in [0.1, 0.15) is 30.4 Å². The molecule has 1 aromatic carbocycles. The first-order chi connectivity index (χ1) is 7.52. The van der Waals surface area contributed by atoms with Crippen molar-refractivity contribution in [3.63, 3.8) is 0 Å². The Morgan fingerprint density at radius 2 is 2.19 bits per heavy atom. The molecule has 0 spiro atoms. The van der Waals surface area contributed by atoms with Crippen molar-refractivity contribution in [3.8, 4) is 5.75 Å². The van der Waals surface area contributed by atoms with Gasteiger partial charge in [0.25, 0.3) is 0 Å². The molecule has 16 heavy (non-hydrogen) atoms. The van der Waals surface area contributed by atoms with Gasteiger partial charge in [-0.25, -0.2) is 4.39 Å². The Balaban J connectivity index is 3.38. The van der Waals surface area contributed by atoms with Crippen molar-refractivity contribution < 1.29 is 19.0 Å². The molecule has 1 unspecified atom stereocenters. The van der Waals surface area contributed by atoms with E-state index < -0.39 is 17.7 Å². The first-order valence-electron chi connectivity index (χ1n) is 5.08. The Labute approximate surface area is 93.9 Å². The predicted octanol–water partition coefficient (Wildman–Crippen LogP) is 2.72. The Morgan fingerprint density at radius 3 is 2.62 bits per heavy atom. The normalized spacial score (nSPS) is 12.2. The molecule has 0 bridgehead atoms. The summed E-state index contributed by atoms with van der Waals surface area (Å²) < 4.78 is 18.9. The minimum absolute atomic E-state index is 0.137. The van der Waals surface area contributed by atoms with Gasteiger partial charge < -0.3 is 9.84 Å². The summed E-state index contributed by atoms with van der Waals surface area (Å²) in [4.78, 5) is 11.0. The monoisotopic (exact) mass is 226 g/mol. The van der Waals surface area contributed by atoms with Crippen molar-refractivity contribution in [2.75, 3.05) is 7.11 Å². The summed E-state index contributed by atoms with van der Waals surface area (Å²) >= 11 is 0. The second-order valence-corrected chi connectivity index (χ2v) is 3.61. The van der Waals surface area contributed by atoms with Gasteiger partial charge in [0.2, 0.25) is 0 Å². The first kappa shape index (κ1) is 12.5. The zero-order valence-electron chi connectivity index (χ0n) is 9.58. The maximum absolute atomic E-state index is 13.9. The van der Waals surface area contributed by atoms with Crippen molar-refractivity contribution >= 4 is 5.97 Å². The van der Waals surface area contributed by atoms with Gasteiger partial charge in [-0.15, -0.1) is 0 Å². The summed E-state index contributed by atoms with van der Waals surface area (Å²) in [6.07, 6.45) is 0.325. The lowest BCUT2D eigenvalue weighted by Gasteiger charge is -2.16. The van der Waals surface area contributed by atoms with Crippen LogP contribution in [0.15, 0.2) is 12.1 Å². The summed E-state index contributed by atoms with van der Waals surface area (Å²) in [5.74, 6) is -2.11. The zero-order valence-corrected chi connectivity index (χ0v) is 9.58. The van der Waals surface area contributed by atoms with Crippen LogP contribution in [-0.4, -0.2) is 18.2 Å². The van der Waals surface area contributed by atoms with Gasteiger partial charge in [-0.05, 0) is 25.0 Å². The van der Waals surface area contributed by atoms with Gasteiger partial charge in [0.05, 0.1) is 13.0 Å². The fourth-order valence-electron chi connectivity index (χ4n) is 1.69. The summed E-state index contributed by atoms with van der Waals surface area (Å²) in [5, 5.41) is 9.04. The van der Waals surface area contributed by atoms with Crippen molar-refractivity contribution in [3.05, 3.63) is 29.1 Å². The maximum Gasteiger partial charge on any atom is 0.311 e. The average molecular weight is 226 g/mol. The highest BCUT2D eigenvalue weighted by Crippen LogP contribution is 2.33. The molecule has 0 aliphatic carbocycles. The number of ether oxygens (including phenoxy) is 1. The lowest BCUT2D eigenvalue weighted by atomic mass is 9.93. The van der Waals surface area contributed by atoms with Crippen molar-refractivity contribution in [2.24, 2.45) is 0 Å². The van der Waals surface area contributed by atoms with E-state index in [1.165, 1.54) is 7.11 Å². The molecule has 0 amide bonds. The van der Waals surface area contributed by atoms with Crippen LogP contribution in [0.5, 0.6) is 5.75 Å². The number of methoxy groups -OCH3 is 1. The summed E-state index contributed by atoms with van der Waals surface area (Å²) in [6, 6.07) is 3.17. The molecule has 0 radical (unpaired) electrons. The Kier molecular flexibility index (Phi) is 3.88. The highest BCUT2D eigenvalue weighted by atomic mass is 19.1. The minimum atomic E-state index is -1.04. The van der Waals surface area contributed by atoms with E-state index in [1.807, 2.05) is 0 Å². The number of benzene rings is 1. The van der Waals surface area contributed by atoms with Crippen LogP contribution >= 0.6 is 0 Å². The molecule has 0 aromatic heterocycles. The number of carbonyl (C=O) groups is 1. The van der Waals surface area contributed by atoms with E-state index in [4.69, 9.17) is 9.84 Å². The van der Waals surface area contributed by atoms with E-state index in [1.54, 1.807) is 26.0 Å². The van der Waals surface area contributed by atoms with Crippen LogP contribution in [0.3, 0.4) is 0 Å². The second-order valence-electron chi connectivity index (χ2n) is 3.61. The average Bonchev–Trinajstić information content (AvgIpc) is 2.25. The minimum Gasteiger partial charge on any atom is -0.496 e. The lowest BCUT2D eigenvalue weighted by Crippen LogP contribution is -2.14. The number of hydrogen-bond acceptors (Lipinski definition) is 2. The summed E-state index contributed by atoms with van der Waals surface area (Å²) in [6.45, 7) is 3.31. The predicted molar refractivity (Wildman–Crippen MR) is 58.4 cm³/mol. The molecule has 1 aromatic rings. The first-order valence-corrected chi connectivity index (χ1v) is 5.08. The van der Waals surface area contributed by atoms with Gasteiger partial charge >= 0.3 is 5.97 Å². The van der Waals surface area contributed by atoms with Crippen LogP contribution in [-0.2, 0) is 4.79 Å². The third-order valence-electron chi connectivity index (χ3n) is 2.61. The van der Waals surface area contributed by atoms with Gasteiger partial charge in [-0.3, -0.25) is 4.79 Å². The Bertz CT molecular complexity index is 401. The molecular weight excluding hydrogens is 211 g/mol. The van der Waals surface area contributed by atoms with Crippen molar-refractivity contribution in [2.45, 2.75) is 26.2 Å². The second kappa shape index (κ2) is 4.96. The van der Waals surface area contributed by atoms with Crippen LogP contribution < -0.4 is 4.74 Å². The van der Waals surface area contributed by atoms with E-state index in [2.05, 4.69) is 0 Å². The third-order valence-corrected chi connectivity index (χ3v) is 2.61. The molecule has 0 heterocycles. The number of hydrogen-bond donors (Lipinski definition) is 1. The number of aryl methyl sites for hydroxylation is 1. The fraction of sp³-hybridized carbons (Fsp3) is 0.417. The van der Waals surface area contributed by atoms with Gasteiger partial charge in [0.1, 0.15) is 11.6 Å². The molecule has 1 N–H and O–H groups in total. The quantitative estimate of drug-likeness (QED) is 0.858. The molecule has 0 aliphatic heterocycles. The summed E-state index contributed by atoms with van der Waals surface area (Å²) in [5.41, 5.74) is 0.563. The highest BCUT2D eigenvalue weighted by Gasteiger charge is 2.26. The van der Waals surface area contributed by atoms with E-state index in [0.717, 1.165) is 0 Å². The maximum atomic E-state index is 13.9. The molecule has 1 atom stereocenters. The van der Waals surface area contributed by atoms with Gasteiger partial charge in [0, 0.05) is 5.56 Å². The van der Waals surface area contributed by atoms with E-state index in [9.17, 15) is 9.18 Å². The largest absolute Gasteiger partial charge is 0.496 e. The van der Waals surface area contributed by atoms with Crippen molar-refractivity contribution in [1.29, 1.82) is 0 Å². The van der Waals surface area contributed by atoms with Crippen LogP contribution in [0.2, 0.25) is 0 Å². The standard InChI is InChI=1S/C12H15FO3/c1-4-8(12(14)15)10-9(16-3)6-5-7(2)11(10)13/h5-6,8H,4H2,1-3H3,(H,14,15). The number of aliphatic carboxylic acids is 1. The molecule has 1 rings (SSSR count). The number of rotatable bonds is 4. The van der Waals surface area contributed by atoms with E-state index in [0.29, 0.717) is 12.0 Å². The van der Waals surface area contributed by atoms with Crippen LogP contribution in [0, 0.1) is 12.7 Å². The molecule has 0 saturated carbocycles. The Morgan fingerprint density at radius 1 is 1.56 bits per heavy atom. The smallest absolute Gasteiger partial charge is 0.311 e. The lowest BCUT2D eigenvalue weighted by molar-refractivity contribution is -0.139. The van der Waals surface area contributed by atoms with Gasteiger partial charge in [0.15, 0.2) is 0 Å². The fourth-order valence-corrected chi connectivity index (χ4v) is 1.69. The van der Waals surface area contributed by atoms with Crippen LogP contribution in [0.4, 0.5) is 4.39 Å². The zero-order chi connectivity index (χ0) is 12.3. The third kappa shape index (κ3) is 2.15. The van der Waals surface area contributed by atoms with E-state index in [-0.39, 0.29) is 11.3 Å². The van der Waals surface area contributed by atoms with E-state index >= 15 is 0 Å².